The number of ether oxygens (including phenoxy) is 3. The number of Topliss-reactive ketones (excluding diaryl/α,β-unsaturated/α-hetero) is 1. The van der Waals surface area contributed by atoms with Crippen LogP contribution in [0.1, 0.15) is 45.1 Å². The Balaban J connectivity index is 1.55. The van der Waals surface area contributed by atoms with Gasteiger partial charge in [-0.05, 0) is 43.5 Å². The average molecular weight is 413 g/mol. The van der Waals surface area contributed by atoms with Crippen molar-refractivity contribution in [2.24, 2.45) is 0 Å². The van der Waals surface area contributed by atoms with E-state index in [-0.39, 0.29) is 23.9 Å². The topological polar surface area (TPSA) is 60.9 Å². The van der Waals surface area contributed by atoms with Gasteiger partial charge in [0.15, 0.2) is 0 Å². The second kappa shape index (κ2) is 10.4. The van der Waals surface area contributed by atoms with E-state index in [1.165, 1.54) is 0 Å². The molecule has 1 saturated heterocycles. The SMILES string of the molecule is COCC(C)Oc1cc(N2CC[C@@H](Oc3ccc([C@H](C)CC(C)=O)cc3)C2)ccn1. The smallest absolute Gasteiger partial charge is 0.215 e. The van der Waals surface area contributed by atoms with Crippen molar-refractivity contribution in [2.75, 3.05) is 31.7 Å². The van der Waals surface area contributed by atoms with Gasteiger partial charge in [0.2, 0.25) is 5.88 Å². The van der Waals surface area contributed by atoms with Crippen LogP contribution in [-0.4, -0.2) is 49.8 Å². The predicted octanol–water partition coefficient (Wildman–Crippen LogP) is 4.24. The van der Waals surface area contributed by atoms with Crippen LogP contribution in [0.5, 0.6) is 11.6 Å². The van der Waals surface area contributed by atoms with Gasteiger partial charge in [0.25, 0.3) is 0 Å². The zero-order valence-corrected chi connectivity index (χ0v) is 18.3. The lowest BCUT2D eigenvalue weighted by Gasteiger charge is -2.20. The van der Waals surface area contributed by atoms with Gasteiger partial charge in [0, 0.05) is 44.4 Å². The van der Waals surface area contributed by atoms with Gasteiger partial charge in [0.1, 0.15) is 23.7 Å². The summed E-state index contributed by atoms with van der Waals surface area (Å²) in [7, 11) is 1.66. The van der Waals surface area contributed by atoms with Crippen LogP contribution in [-0.2, 0) is 9.53 Å². The second-order valence-electron chi connectivity index (χ2n) is 8.09. The molecular weight excluding hydrogens is 380 g/mol. The molecule has 1 fully saturated rings. The molecule has 0 radical (unpaired) electrons. The normalized spacial score (nSPS) is 18.1. The third kappa shape index (κ3) is 6.20. The second-order valence-corrected chi connectivity index (χ2v) is 8.09. The van der Waals surface area contributed by atoms with Crippen LogP contribution in [0.25, 0.3) is 0 Å². The van der Waals surface area contributed by atoms with E-state index in [1.807, 2.05) is 31.2 Å². The Morgan fingerprint density at radius 2 is 2.00 bits per heavy atom. The van der Waals surface area contributed by atoms with Gasteiger partial charge in [-0.3, -0.25) is 0 Å². The summed E-state index contributed by atoms with van der Waals surface area (Å²) in [6.45, 7) is 7.95. The van der Waals surface area contributed by atoms with Gasteiger partial charge in [0.05, 0.1) is 13.2 Å². The Labute approximate surface area is 179 Å². The van der Waals surface area contributed by atoms with Gasteiger partial charge in [-0.15, -0.1) is 0 Å². The molecule has 3 atom stereocenters. The number of hydrogen-bond donors (Lipinski definition) is 0. The highest BCUT2D eigenvalue weighted by molar-refractivity contribution is 5.76. The molecule has 1 aliphatic heterocycles. The molecule has 30 heavy (non-hydrogen) atoms. The molecule has 0 bridgehead atoms. The first-order valence-electron chi connectivity index (χ1n) is 10.6. The van der Waals surface area contributed by atoms with E-state index in [4.69, 9.17) is 14.2 Å². The highest BCUT2D eigenvalue weighted by Gasteiger charge is 2.25. The summed E-state index contributed by atoms with van der Waals surface area (Å²) in [6.07, 6.45) is 3.39. The van der Waals surface area contributed by atoms with Gasteiger partial charge in [-0.25, -0.2) is 4.98 Å². The van der Waals surface area contributed by atoms with Crippen molar-refractivity contribution in [3.8, 4) is 11.6 Å². The van der Waals surface area contributed by atoms with Crippen LogP contribution >= 0.6 is 0 Å². The summed E-state index contributed by atoms with van der Waals surface area (Å²) in [5.74, 6) is 1.92. The summed E-state index contributed by atoms with van der Waals surface area (Å²) in [5.41, 5.74) is 2.25. The standard InChI is InChI=1S/C24H32N2O4/c1-17(13-18(2)27)20-5-7-22(8-6-20)30-23-10-12-26(15-23)21-9-11-25-24(14-21)29-19(3)16-28-4/h5-9,11,14,17,19,23H,10,12-13,15-16H2,1-4H3/t17-,19?,23-/m1/s1. The summed E-state index contributed by atoms with van der Waals surface area (Å²) < 4.78 is 17.1. The molecule has 1 unspecified atom stereocenters. The maximum absolute atomic E-state index is 11.3. The van der Waals surface area contributed by atoms with Crippen LogP contribution in [0.3, 0.4) is 0 Å². The molecule has 3 rings (SSSR count). The molecule has 6 nitrogen and oxygen atoms in total. The number of carbonyl (C=O) groups is 1. The van der Waals surface area contributed by atoms with E-state index in [1.54, 1.807) is 20.2 Å². The summed E-state index contributed by atoms with van der Waals surface area (Å²) >= 11 is 0. The van der Waals surface area contributed by atoms with Crippen molar-refractivity contribution < 1.29 is 19.0 Å². The minimum absolute atomic E-state index is 0.0476. The Morgan fingerprint density at radius 1 is 1.23 bits per heavy atom. The first-order valence-corrected chi connectivity index (χ1v) is 10.6. The molecule has 1 aromatic carbocycles. The van der Waals surface area contributed by atoms with Gasteiger partial charge in [-0.2, -0.15) is 0 Å². The fraction of sp³-hybridized carbons (Fsp3) is 0.500. The van der Waals surface area contributed by atoms with Crippen LogP contribution in [0.4, 0.5) is 5.69 Å². The summed E-state index contributed by atoms with van der Waals surface area (Å²) in [5, 5.41) is 0. The number of hydrogen-bond acceptors (Lipinski definition) is 6. The van der Waals surface area contributed by atoms with Crippen molar-refractivity contribution >= 4 is 11.5 Å². The van der Waals surface area contributed by atoms with Crippen molar-refractivity contribution in [1.82, 2.24) is 4.98 Å². The summed E-state index contributed by atoms with van der Waals surface area (Å²) in [4.78, 5) is 17.9. The number of pyridine rings is 1. The highest BCUT2D eigenvalue weighted by Crippen LogP contribution is 2.27. The van der Waals surface area contributed by atoms with Crippen molar-refractivity contribution in [2.45, 2.75) is 51.7 Å². The van der Waals surface area contributed by atoms with Crippen LogP contribution in [0.2, 0.25) is 0 Å². The lowest BCUT2D eigenvalue weighted by Crippen LogP contribution is -2.25. The van der Waals surface area contributed by atoms with Gasteiger partial charge >= 0.3 is 0 Å². The number of anilines is 1. The largest absolute Gasteiger partial charge is 0.489 e. The van der Waals surface area contributed by atoms with Crippen molar-refractivity contribution in [1.29, 1.82) is 0 Å². The summed E-state index contributed by atoms with van der Waals surface area (Å²) in [6, 6.07) is 12.1. The van der Waals surface area contributed by atoms with Crippen molar-refractivity contribution in [3.05, 3.63) is 48.2 Å². The molecule has 0 N–H and O–H groups in total. The number of methoxy groups -OCH3 is 1. The van der Waals surface area contributed by atoms with E-state index < -0.39 is 0 Å². The fourth-order valence-electron chi connectivity index (χ4n) is 3.81. The quantitative estimate of drug-likeness (QED) is 0.582. The third-order valence-electron chi connectivity index (χ3n) is 5.30. The van der Waals surface area contributed by atoms with E-state index in [0.29, 0.717) is 18.9 Å². The van der Waals surface area contributed by atoms with E-state index >= 15 is 0 Å². The number of benzene rings is 1. The molecule has 1 aliphatic rings. The number of aromatic nitrogens is 1. The molecule has 6 heteroatoms. The van der Waals surface area contributed by atoms with E-state index in [9.17, 15) is 4.79 Å². The number of nitrogens with zero attached hydrogens (tertiary/aromatic N) is 2. The minimum atomic E-state index is -0.0476. The highest BCUT2D eigenvalue weighted by atomic mass is 16.5. The van der Waals surface area contributed by atoms with Gasteiger partial charge < -0.3 is 23.9 Å². The molecule has 162 valence electrons. The molecule has 0 saturated carbocycles. The Bertz CT molecular complexity index is 824. The minimum Gasteiger partial charge on any atom is -0.489 e. The number of ketones is 1. The zero-order valence-electron chi connectivity index (χ0n) is 18.3. The molecule has 0 amide bonds. The lowest BCUT2D eigenvalue weighted by atomic mass is 9.96. The Morgan fingerprint density at radius 3 is 2.70 bits per heavy atom. The fourth-order valence-corrected chi connectivity index (χ4v) is 3.81. The molecule has 2 heterocycles. The molecule has 0 spiro atoms. The predicted molar refractivity (Wildman–Crippen MR) is 118 cm³/mol. The maximum atomic E-state index is 11.3. The Kier molecular flexibility index (Phi) is 7.69. The van der Waals surface area contributed by atoms with Crippen molar-refractivity contribution in [3.63, 3.8) is 0 Å². The first kappa shape index (κ1) is 22.1. The molecule has 1 aromatic heterocycles. The number of rotatable bonds is 10. The van der Waals surface area contributed by atoms with Crippen LogP contribution in [0.15, 0.2) is 42.6 Å². The molecule has 2 aromatic rings. The van der Waals surface area contributed by atoms with Crippen LogP contribution < -0.4 is 14.4 Å². The van der Waals surface area contributed by atoms with E-state index in [0.717, 1.165) is 36.5 Å². The maximum Gasteiger partial charge on any atom is 0.215 e. The zero-order chi connectivity index (χ0) is 21.5. The first-order chi connectivity index (χ1) is 14.4. The van der Waals surface area contributed by atoms with E-state index in [2.05, 4.69) is 28.9 Å². The molecular formula is C24H32N2O4. The van der Waals surface area contributed by atoms with Crippen LogP contribution in [0, 0.1) is 0 Å². The number of carbonyl (C=O) groups excluding carboxylic acids is 1. The Hall–Kier alpha value is -2.60. The van der Waals surface area contributed by atoms with Gasteiger partial charge in [-0.1, -0.05) is 19.1 Å². The third-order valence-corrected chi connectivity index (χ3v) is 5.30. The lowest BCUT2D eigenvalue weighted by molar-refractivity contribution is -0.117. The monoisotopic (exact) mass is 412 g/mol. The molecule has 0 aliphatic carbocycles. The average Bonchev–Trinajstić information content (AvgIpc) is 3.17.